The average Bonchev–Trinajstić information content (AvgIpc) is 2.22. The summed E-state index contributed by atoms with van der Waals surface area (Å²) < 4.78 is 17.1. The van der Waals surface area contributed by atoms with Gasteiger partial charge in [-0.15, -0.1) is 0 Å². The van der Waals surface area contributed by atoms with Crippen molar-refractivity contribution >= 4 is 40.7 Å². The molecule has 1 aromatic rings. The fourth-order valence-electron chi connectivity index (χ4n) is 0.888. The lowest BCUT2D eigenvalue weighted by molar-refractivity contribution is 0.177. The third-order valence-electron chi connectivity index (χ3n) is 1.58. The van der Waals surface area contributed by atoms with E-state index in [0.717, 1.165) is 6.07 Å². The molecule has 7 heteroatoms. The maximum atomic E-state index is 12.7. The van der Waals surface area contributed by atoms with Gasteiger partial charge in [0.1, 0.15) is 5.82 Å². The Morgan fingerprint density at radius 3 is 2.81 bits per heavy atom. The van der Waals surface area contributed by atoms with E-state index in [4.69, 9.17) is 23.8 Å². The van der Waals surface area contributed by atoms with Crippen LogP contribution in [-0.2, 0) is 4.74 Å². The van der Waals surface area contributed by atoms with Crippen molar-refractivity contribution in [2.75, 3.05) is 12.4 Å². The summed E-state index contributed by atoms with van der Waals surface area (Å²) >= 11 is 10.5. The molecule has 1 aromatic carbocycles. The van der Waals surface area contributed by atoms with Gasteiger partial charge in [-0.25, -0.2) is 9.18 Å². The predicted molar refractivity (Wildman–Crippen MR) is 63.2 cm³/mol. The topological polar surface area (TPSA) is 50.4 Å². The van der Waals surface area contributed by atoms with E-state index in [1.807, 2.05) is 0 Å². The number of amides is 1. The number of rotatable bonds is 1. The Labute approximate surface area is 102 Å². The lowest BCUT2D eigenvalue weighted by atomic mass is 10.3. The van der Waals surface area contributed by atoms with Crippen LogP contribution in [0.3, 0.4) is 0 Å². The monoisotopic (exact) mass is 262 g/mol. The van der Waals surface area contributed by atoms with Crippen molar-refractivity contribution in [3.8, 4) is 0 Å². The highest BCUT2D eigenvalue weighted by Gasteiger charge is 2.06. The van der Waals surface area contributed by atoms with Gasteiger partial charge in [-0.3, -0.25) is 5.32 Å². The van der Waals surface area contributed by atoms with E-state index in [1.54, 1.807) is 0 Å². The number of alkyl carbamates (subject to hydrolysis) is 1. The first kappa shape index (κ1) is 12.7. The second-order valence-corrected chi connectivity index (χ2v) is 3.51. The highest BCUT2D eigenvalue weighted by molar-refractivity contribution is 7.80. The SMILES string of the molecule is COC(=O)NC(=S)Nc1ccc(F)cc1Cl. The number of hydrogen-bond acceptors (Lipinski definition) is 3. The quantitative estimate of drug-likeness (QED) is 0.764. The fraction of sp³-hybridized carbons (Fsp3) is 0.111. The van der Waals surface area contributed by atoms with Crippen molar-refractivity contribution in [2.24, 2.45) is 0 Å². The molecule has 0 atom stereocenters. The van der Waals surface area contributed by atoms with Gasteiger partial charge in [0.2, 0.25) is 0 Å². The van der Waals surface area contributed by atoms with Gasteiger partial charge < -0.3 is 10.1 Å². The molecule has 0 spiro atoms. The van der Waals surface area contributed by atoms with Crippen LogP contribution in [0.25, 0.3) is 0 Å². The van der Waals surface area contributed by atoms with Crippen molar-refractivity contribution in [3.63, 3.8) is 0 Å². The number of nitrogens with one attached hydrogen (secondary N) is 2. The molecule has 0 aliphatic rings. The summed E-state index contributed by atoms with van der Waals surface area (Å²) in [5.74, 6) is -0.456. The van der Waals surface area contributed by atoms with Gasteiger partial charge in [-0.1, -0.05) is 11.6 Å². The highest BCUT2D eigenvalue weighted by atomic mass is 35.5. The zero-order valence-corrected chi connectivity index (χ0v) is 9.79. The number of halogens is 2. The molecule has 1 rings (SSSR count). The van der Waals surface area contributed by atoms with Crippen LogP contribution in [0.2, 0.25) is 5.02 Å². The molecule has 0 aliphatic carbocycles. The summed E-state index contributed by atoms with van der Waals surface area (Å²) in [6, 6.07) is 3.75. The van der Waals surface area contributed by atoms with Gasteiger partial charge in [0.05, 0.1) is 17.8 Å². The van der Waals surface area contributed by atoms with Crippen LogP contribution in [0.1, 0.15) is 0 Å². The molecule has 0 fully saturated rings. The van der Waals surface area contributed by atoms with Gasteiger partial charge in [0, 0.05) is 0 Å². The van der Waals surface area contributed by atoms with Crippen LogP contribution in [-0.4, -0.2) is 18.3 Å². The summed E-state index contributed by atoms with van der Waals surface area (Å²) in [6.07, 6.45) is -0.698. The smallest absolute Gasteiger partial charge is 0.413 e. The first-order valence-corrected chi connectivity index (χ1v) is 4.92. The van der Waals surface area contributed by atoms with E-state index in [2.05, 4.69) is 15.4 Å². The molecule has 2 N–H and O–H groups in total. The molecule has 0 saturated carbocycles. The van der Waals surface area contributed by atoms with Crippen LogP contribution in [0.4, 0.5) is 14.9 Å². The molecule has 4 nitrogen and oxygen atoms in total. The second-order valence-electron chi connectivity index (χ2n) is 2.69. The van der Waals surface area contributed by atoms with Crippen LogP contribution >= 0.6 is 23.8 Å². The van der Waals surface area contributed by atoms with Gasteiger partial charge in [-0.05, 0) is 30.4 Å². The minimum Gasteiger partial charge on any atom is -0.453 e. The standard InChI is InChI=1S/C9H8ClFN2O2S/c1-15-9(14)13-8(16)12-7-3-2-5(11)4-6(7)10/h2-4H,1H3,(H2,12,13,14,16). The summed E-state index contributed by atoms with van der Waals surface area (Å²) in [5, 5.41) is 5.03. The van der Waals surface area contributed by atoms with E-state index in [9.17, 15) is 9.18 Å². The number of hydrogen-bond donors (Lipinski definition) is 2. The Balaban J connectivity index is 2.66. The van der Waals surface area contributed by atoms with Crippen LogP contribution < -0.4 is 10.6 Å². The van der Waals surface area contributed by atoms with E-state index in [-0.39, 0.29) is 10.1 Å². The largest absolute Gasteiger partial charge is 0.453 e. The number of carbonyl (C=O) groups excluding carboxylic acids is 1. The Kier molecular flexibility index (Phi) is 4.45. The summed E-state index contributed by atoms with van der Waals surface area (Å²) in [5.41, 5.74) is 0.393. The Morgan fingerprint density at radius 2 is 2.25 bits per heavy atom. The summed E-state index contributed by atoms with van der Waals surface area (Å²) in [6.45, 7) is 0. The molecule has 0 unspecified atom stereocenters. The molecule has 0 heterocycles. The van der Waals surface area contributed by atoms with Crippen molar-refractivity contribution in [3.05, 3.63) is 29.0 Å². The van der Waals surface area contributed by atoms with E-state index >= 15 is 0 Å². The molecule has 0 radical (unpaired) electrons. The zero-order valence-electron chi connectivity index (χ0n) is 8.21. The van der Waals surface area contributed by atoms with Crippen LogP contribution in [0.5, 0.6) is 0 Å². The van der Waals surface area contributed by atoms with Gasteiger partial charge in [-0.2, -0.15) is 0 Å². The molecular formula is C9H8ClFN2O2S. The molecule has 1 amide bonds. The summed E-state index contributed by atoms with van der Waals surface area (Å²) in [7, 11) is 1.21. The number of thiocarbonyl (C=S) groups is 1. The van der Waals surface area contributed by atoms with E-state index < -0.39 is 11.9 Å². The van der Waals surface area contributed by atoms with Crippen molar-refractivity contribution in [1.82, 2.24) is 5.32 Å². The number of carbonyl (C=O) groups is 1. The second kappa shape index (κ2) is 5.62. The van der Waals surface area contributed by atoms with Gasteiger partial charge in [0.25, 0.3) is 0 Å². The maximum Gasteiger partial charge on any atom is 0.413 e. The number of benzene rings is 1. The first-order valence-electron chi connectivity index (χ1n) is 4.14. The summed E-state index contributed by atoms with van der Waals surface area (Å²) in [4.78, 5) is 10.8. The highest BCUT2D eigenvalue weighted by Crippen LogP contribution is 2.22. The van der Waals surface area contributed by atoms with E-state index in [0.29, 0.717) is 5.69 Å². The fourth-order valence-corrected chi connectivity index (χ4v) is 1.30. The average molecular weight is 263 g/mol. The number of anilines is 1. The lowest BCUT2D eigenvalue weighted by Gasteiger charge is -2.09. The normalized spacial score (nSPS) is 9.44. The molecule has 0 aliphatic heterocycles. The number of methoxy groups -OCH3 is 1. The first-order chi connectivity index (χ1) is 7.52. The van der Waals surface area contributed by atoms with E-state index in [1.165, 1.54) is 19.2 Å². The van der Waals surface area contributed by atoms with Crippen LogP contribution in [0.15, 0.2) is 18.2 Å². The number of ether oxygens (including phenoxy) is 1. The van der Waals surface area contributed by atoms with Gasteiger partial charge >= 0.3 is 6.09 Å². The molecular weight excluding hydrogens is 255 g/mol. The minimum absolute atomic E-state index is 0.0142. The lowest BCUT2D eigenvalue weighted by Crippen LogP contribution is -2.33. The van der Waals surface area contributed by atoms with Crippen LogP contribution in [0, 0.1) is 5.82 Å². The third-order valence-corrected chi connectivity index (χ3v) is 2.10. The minimum atomic E-state index is -0.698. The van der Waals surface area contributed by atoms with Crippen molar-refractivity contribution < 1.29 is 13.9 Å². The Morgan fingerprint density at radius 1 is 1.56 bits per heavy atom. The Hall–Kier alpha value is -1.40. The Bertz CT molecular complexity index is 428. The zero-order chi connectivity index (χ0) is 12.1. The molecule has 0 bridgehead atoms. The molecule has 0 saturated heterocycles. The molecule has 16 heavy (non-hydrogen) atoms. The third kappa shape index (κ3) is 3.63. The molecule has 0 aromatic heterocycles. The van der Waals surface area contributed by atoms with Crippen molar-refractivity contribution in [1.29, 1.82) is 0 Å². The molecule has 86 valence electrons. The maximum absolute atomic E-state index is 12.7. The van der Waals surface area contributed by atoms with Crippen molar-refractivity contribution in [2.45, 2.75) is 0 Å². The predicted octanol–water partition coefficient (Wildman–Crippen LogP) is 2.53. The van der Waals surface area contributed by atoms with Gasteiger partial charge in [0.15, 0.2) is 5.11 Å².